The van der Waals surface area contributed by atoms with Gasteiger partial charge < -0.3 is 10.2 Å². The molecule has 1 fully saturated rings. The zero-order valence-corrected chi connectivity index (χ0v) is 12.6. The molecule has 3 rings (SSSR count). The quantitative estimate of drug-likeness (QED) is 0.895. The first-order valence-electron chi connectivity index (χ1n) is 7.44. The van der Waals surface area contributed by atoms with Crippen LogP contribution in [0.3, 0.4) is 0 Å². The Morgan fingerprint density at radius 3 is 2.92 bits per heavy atom. The van der Waals surface area contributed by atoms with Crippen molar-refractivity contribution in [3.8, 4) is 0 Å². The lowest BCUT2D eigenvalue weighted by atomic mass is 10.1. The summed E-state index contributed by atoms with van der Waals surface area (Å²) in [4.78, 5) is 26.1. The molecule has 0 bridgehead atoms. The fourth-order valence-corrected chi connectivity index (χ4v) is 2.90. The highest BCUT2D eigenvalue weighted by Gasteiger charge is 2.37. The van der Waals surface area contributed by atoms with E-state index in [2.05, 4.69) is 10.2 Å². The Kier molecular flexibility index (Phi) is 4.16. The van der Waals surface area contributed by atoms with Crippen LogP contribution in [0.5, 0.6) is 0 Å². The molecule has 128 valence electrons. The average molecular weight is 340 g/mol. The zero-order valence-electron chi connectivity index (χ0n) is 12.6. The van der Waals surface area contributed by atoms with E-state index < -0.39 is 24.7 Å². The van der Waals surface area contributed by atoms with Crippen LogP contribution in [0.15, 0.2) is 24.4 Å². The van der Waals surface area contributed by atoms with Crippen LogP contribution in [0.4, 0.5) is 13.2 Å². The van der Waals surface area contributed by atoms with E-state index in [-0.39, 0.29) is 5.91 Å². The maximum absolute atomic E-state index is 12.8. The van der Waals surface area contributed by atoms with E-state index in [0.29, 0.717) is 35.9 Å². The second-order valence-corrected chi connectivity index (χ2v) is 5.63. The molecule has 0 unspecified atom stereocenters. The number of amides is 2. The Morgan fingerprint density at radius 1 is 1.38 bits per heavy atom. The van der Waals surface area contributed by atoms with Gasteiger partial charge >= 0.3 is 6.18 Å². The van der Waals surface area contributed by atoms with Crippen molar-refractivity contribution in [2.24, 2.45) is 0 Å². The Hall–Kier alpha value is -2.58. The number of alkyl halides is 3. The van der Waals surface area contributed by atoms with Gasteiger partial charge in [-0.15, -0.1) is 0 Å². The molecule has 1 aromatic carbocycles. The van der Waals surface area contributed by atoms with Crippen LogP contribution in [0.25, 0.3) is 10.9 Å². The van der Waals surface area contributed by atoms with Crippen LogP contribution < -0.4 is 5.32 Å². The van der Waals surface area contributed by atoms with Crippen molar-refractivity contribution in [2.45, 2.75) is 25.1 Å². The highest BCUT2D eigenvalue weighted by atomic mass is 19.4. The van der Waals surface area contributed by atoms with Crippen molar-refractivity contribution in [1.29, 1.82) is 0 Å². The minimum absolute atomic E-state index is 0.331. The number of carbonyl (C=O) groups excluding carboxylic acids is 2. The molecule has 1 saturated heterocycles. The van der Waals surface area contributed by atoms with E-state index in [9.17, 15) is 22.8 Å². The maximum Gasteiger partial charge on any atom is 0.405 e. The van der Waals surface area contributed by atoms with Crippen LogP contribution in [0, 0.1) is 0 Å². The van der Waals surface area contributed by atoms with Gasteiger partial charge in [0.25, 0.3) is 5.91 Å². The van der Waals surface area contributed by atoms with E-state index in [0.717, 1.165) is 0 Å². The summed E-state index contributed by atoms with van der Waals surface area (Å²) in [7, 11) is 0. The molecule has 2 N–H and O–H groups in total. The Labute approximate surface area is 135 Å². The summed E-state index contributed by atoms with van der Waals surface area (Å²) >= 11 is 0. The van der Waals surface area contributed by atoms with Crippen molar-refractivity contribution < 1.29 is 22.8 Å². The van der Waals surface area contributed by atoms with Gasteiger partial charge in [-0.05, 0) is 25.0 Å². The van der Waals surface area contributed by atoms with Gasteiger partial charge in [0.15, 0.2) is 0 Å². The Balaban J connectivity index is 1.79. The molecule has 1 atom stereocenters. The van der Waals surface area contributed by atoms with Crippen LogP contribution in [0.2, 0.25) is 0 Å². The van der Waals surface area contributed by atoms with Crippen LogP contribution in [-0.4, -0.2) is 52.2 Å². The van der Waals surface area contributed by atoms with E-state index in [1.807, 2.05) is 5.32 Å². The highest BCUT2D eigenvalue weighted by molar-refractivity contribution is 6.07. The maximum atomic E-state index is 12.8. The number of hydrogen-bond acceptors (Lipinski definition) is 3. The fourth-order valence-electron chi connectivity index (χ4n) is 2.90. The van der Waals surface area contributed by atoms with Gasteiger partial charge in [-0.2, -0.15) is 18.3 Å². The molecule has 2 amide bonds. The highest BCUT2D eigenvalue weighted by Crippen LogP contribution is 2.24. The molecule has 1 aliphatic rings. The van der Waals surface area contributed by atoms with Crippen molar-refractivity contribution >= 4 is 22.7 Å². The molecule has 2 aromatic rings. The minimum atomic E-state index is -4.48. The molecular weight excluding hydrogens is 325 g/mol. The van der Waals surface area contributed by atoms with Crippen LogP contribution >= 0.6 is 0 Å². The molecule has 1 aliphatic heterocycles. The summed E-state index contributed by atoms with van der Waals surface area (Å²) in [6.45, 7) is -1.07. The number of likely N-dealkylation sites (tertiary alicyclic amines) is 1. The van der Waals surface area contributed by atoms with Crippen LogP contribution in [0.1, 0.15) is 23.2 Å². The number of halogens is 3. The number of hydrogen-bond donors (Lipinski definition) is 2. The molecule has 0 radical (unpaired) electrons. The topological polar surface area (TPSA) is 78.1 Å². The molecule has 0 saturated carbocycles. The summed E-state index contributed by atoms with van der Waals surface area (Å²) in [5, 5.41) is 9.10. The average Bonchev–Trinajstić information content (AvgIpc) is 3.19. The first-order valence-corrected chi connectivity index (χ1v) is 7.44. The monoisotopic (exact) mass is 340 g/mol. The summed E-state index contributed by atoms with van der Waals surface area (Å²) in [5.74, 6) is -1.16. The lowest BCUT2D eigenvalue weighted by Gasteiger charge is -2.24. The van der Waals surface area contributed by atoms with Crippen molar-refractivity contribution in [3.63, 3.8) is 0 Å². The molecule has 2 heterocycles. The van der Waals surface area contributed by atoms with Gasteiger partial charge in [-0.3, -0.25) is 14.7 Å². The second-order valence-electron chi connectivity index (χ2n) is 5.63. The number of aromatic nitrogens is 2. The molecule has 9 heteroatoms. The van der Waals surface area contributed by atoms with Crippen molar-refractivity contribution in [1.82, 2.24) is 20.4 Å². The normalized spacial score (nSPS) is 18.1. The number of fused-ring (bicyclic) bond motifs is 1. The number of nitrogens with one attached hydrogen (secondary N) is 2. The smallest absolute Gasteiger partial charge is 0.345 e. The van der Waals surface area contributed by atoms with Gasteiger partial charge in [0.1, 0.15) is 12.6 Å². The number of rotatable bonds is 3. The third-order valence-electron chi connectivity index (χ3n) is 3.99. The van der Waals surface area contributed by atoms with E-state index in [1.54, 1.807) is 18.2 Å². The first kappa shape index (κ1) is 16.3. The minimum Gasteiger partial charge on any atom is -0.345 e. The van der Waals surface area contributed by atoms with Gasteiger partial charge in [-0.1, -0.05) is 6.07 Å². The number of benzene rings is 1. The van der Waals surface area contributed by atoms with Gasteiger partial charge in [-0.25, -0.2) is 0 Å². The van der Waals surface area contributed by atoms with Gasteiger partial charge in [0.2, 0.25) is 5.91 Å². The third kappa shape index (κ3) is 3.19. The van der Waals surface area contributed by atoms with Gasteiger partial charge in [0, 0.05) is 11.9 Å². The largest absolute Gasteiger partial charge is 0.405 e. The lowest BCUT2D eigenvalue weighted by molar-refractivity contribution is -0.140. The SMILES string of the molecule is O=C(NCC(F)(F)F)[C@H]1CCCN1C(=O)c1cccc2[nH]ncc12. The van der Waals surface area contributed by atoms with Crippen molar-refractivity contribution in [2.75, 3.05) is 13.1 Å². The molecule has 0 aliphatic carbocycles. The van der Waals surface area contributed by atoms with Crippen molar-refractivity contribution in [3.05, 3.63) is 30.0 Å². The number of nitrogens with zero attached hydrogens (tertiary/aromatic N) is 2. The third-order valence-corrected chi connectivity index (χ3v) is 3.99. The predicted molar refractivity (Wildman–Crippen MR) is 79.2 cm³/mol. The molecule has 0 spiro atoms. The van der Waals surface area contributed by atoms with Gasteiger partial charge in [0.05, 0.1) is 17.3 Å². The Morgan fingerprint density at radius 2 is 2.17 bits per heavy atom. The summed E-state index contributed by atoms with van der Waals surface area (Å²) in [6, 6.07) is 4.17. The summed E-state index contributed by atoms with van der Waals surface area (Å²) in [5.41, 5.74) is 1.05. The number of aromatic amines is 1. The fraction of sp³-hybridized carbons (Fsp3) is 0.400. The lowest BCUT2D eigenvalue weighted by Crippen LogP contribution is -2.48. The second kappa shape index (κ2) is 6.14. The predicted octanol–water partition coefficient (Wildman–Crippen LogP) is 1.85. The molecule has 6 nitrogen and oxygen atoms in total. The number of carbonyl (C=O) groups is 2. The molecule has 24 heavy (non-hydrogen) atoms. The van der Waals surface area contributed by atoms with E-state index in [4.69, 9.17) is 0 Å². The van der Waals surface area contributed by atoms with E-state index >= 15 is 0 Å². The molecule has 1 aromatic heterocycles. The van der Waals surface area contributed by atoms with Crippen LogP contribution in [-0.2, 0) is 4.79 Å². The van der Waals surface area contributed by atoms with E-state index in [1.165, 1.54) is 11.1 Å². The standard InChI is InChI=1S/C15H15F3N4O2/c16-15(17,18)8-19-13(23)12-5-2-6-22(12)14(24)9-3-1-4-11-10(9)7-20-21-11/h1,3-4,7,12H,2,5-6,8H2,(H,19,23)(H,20,21)/t12-/m1/s1. The summed E-state index contributed by atoms with van der Waals surface area (Å²) in [6.07, 6.45) is -2.06. The number of H-pyrrole nitrogens is 1. The Bertz CT molecular complexity index is 771. The first-order chi connectivity index (χ1) is 11.4. The summed E-state index contributed by atoms with van der Waals surface area (Å²) < 4.78 is 36.8. The zero-order chi connectivity index (χ0) is 17.3. The molecular formula is C15H15F3N4O2.